The normalized spacial score (nSPS) is 14.5. The van der Waals surface area contributed by atoms with Crippen molar-refractivity contribution >= 4 is 11.9 Å². The Morgan fingerprint density at radius 1 is 1.15 bits per heavy atom. The average Bonchev–Trinajstić information content (AvgIpc) is 2.93. The second kappa shape index (κ2) is 7.09. The molecule has 1 aliphatic heterocycles. The molecule has 0 aromatic heterocycles. The Bertz CT molecular complexity index is 886. The topological polar surface area (TPSA) is 68.2 Å². The molecule has 2 aromatic carbocycles. The molecule has 3 rings (SSSR count). The zero-order chi connectivity index (χ0) is 18.8. The third-order valence-corrected chi connectivity index (χ3v) is 4.11. The maximum absolute atomic E-state index is 12.7. The largest absolute Gasteiger partial charge is 0.507 e. The van der Waals surface area contributed by atoms with Gasteiger partial charge >= 0.3 is 0 Å². The molecule has 0 aliphatic carbocycles. The second-order valence-electron chi connectivity index (χ2n) is 6.20. The molecule has 0 saturated carbocycles. The van der Waals surface area contributed by atoms with E-state index in [0.717, 1.165) is 0 Å². The molecule has 1 aliphatic rings. The van der Waals surface area contributed by atoms with Gasteiger partial charge in [-0.2, -0.15) is 0 Å². The molecule has 6 nitrogen and oxygen atoms in total. The summed E-state index contributed by atoms with van der Waals surface area (Å²) >= 11 is 0. The lowest BCUT2D eigenvalue weighted by atomic mass is 10.0. The number of ketones is 1. The Hall–Kier alpha value is -2.99. The summed E-state index contributed by atoms with van der Waals surface area (Å²) in [4.78, 5) is 14.6. The number of nitrogens with zero attached hydrogens (tertiary/aromatic N) is 1. The van der Waals surface area contributed by atoms with Crippen LogP contribution in [0.5, 0.6) is 23.0 Å². The Morgan fingerprint density at radius 2 is 1.92 bits per heavy atom. The summed E-state index contributed by atoms with van der Waals surface area (Å²) in [5, 5.41) is 10.2. The fourth-order valence-corrected chi connectivity index (χ4v) is 2.93. The Kier molecular flexibility index (Phi) is 4.86. The number of hydrogen-bond donors (Lipinski definition) is 1. The molecule has 2 aromatic rings. The summed E-state index contributed by atoms with van der Waals surface area (Å²) in [6.45, 7) is 0.456. The second-order valence-corrected chi connectivity index (χ2v) is 6.20. The van der Waals surface area contributed by atoms with Crippen LogP contribution < -0.4 is 14.2 Å². The number of allylic oxidation sites excluding steroid dienone is 1. The van der Waals surface area contributed by atoms with E-state index in [-0.39, 0.29) is 17.3 Å². The lowest BCUT2D eigenvalue weighted by Gasteiger charge is -2.14. The molecule has 0 fully saturated rings. The van der Waals surface area contributed by atoms with Crippen LogP contribution in [-0.2, 0) is 6.54 Å². The van der Waals surface area contributed by atoms with Gasteiger partial charge in [0.15, 0.2) is 17.3 Å². The number of phenolic OH excluding ortho intramolecular Hbond substituents is 1. The van der Waals surface area contributed by atoms with Gasteiger partial charge in [0.2, 0.25) is 5.78 Å². The van der Waals surface area contributed by atoms with E-state index in [2.05, 4.69) is 0 Å². The highest BCUT2D eigenvalue weighted by Gasteiger charge is 2.31. The van der Waals surface area contributed by atoms with Crippen LogP contribution >= 0.6 is 0 Å². The van der Waals surface area contributed by atoms with E-state index < -0.39 is 0 Å². The Morgan fingerprint density at radius 3 is 2.58 bits per heavy atom. The predicted molar refractivity (Wildman–Crippen MR) is 98.0 cm³/mol. The number of aromatic hydroxyl groups is 1. The SMILES string of the molecule is COc1cccc(/C=C2\Oc3c(ccc(O)c3CN(C)C)C2=O)c1OC. The van der Waals surface area contributed by atoms with Crippen LogP contribution in [0.3, 0.4) is 0 Å². The number of hydrogen-bond acceptors (Lipinski definition) is 6. The number of methoxy groups -OCH3 is 2. The minimum atomic E-state index is -0.232. The van der Waals surface area contributed by atoms with Gasteiger partial charge in [-0.15, -0.1) is 0 Å². The van der Waals surface area contributed by atoms with Crippen LogP contribution in [0.4, 0.5) is 0 Å². The first-order valence-electron chi connectivity index (χ1n) is 8.11. The molecule has 0 atom stereocenters. The average molecular weight is 355 g/mol. The van der Waals surface area contributed by atoms with E-state index in [4.69, 9.17) is 14.2 Å². The molecule has 136 valence electrons. The van der Waals surface area contributed by atoms with Gasteiger partial charge in [0.25, 0.3) is 0 Å². The third kappa shape index (κ3) is 3.11. The van der Waals surface area contributed by atoms with Crippen molar-refractivity contribution in [2.45, 2.75) is 6.54 Å². The van der Waals surface area contributed by atoms with Crippen molar-refractivity contribution in [2.75, 3.05) is 28.3 Å². The van der Waals surface area contributed by atoms with Gasteiger partial charge in [-0.3, -0.25) is 4.79 Å². The van der Waals surface area contributed by atoms with Crippen molar-refractivity contribution in [3.05, 3.63) is 52.8 Å². The summed E-state index contributed by atoms with van der Waals surface area (Å²) < 4.78 is 16.5. The summed E-state index contributed by atoms with van der Waals surface area (Å²) in [6, 6.07) is 8.50. The first-order chi connectivity index (χ1) is 12.5. The van der Waals surface area contributed by atoms with Crippen LogP contribution in [0.1, 0.15) is 21.5 Å². The molecule has 1 N–H and O–H groups in total. The number of carbonyl (C=O) groups excluding carboxylic acids is 1. The summed E-state index contributed by atoms with van der Waals surface area (Å²) in [5.74, 6) is 1.53. The van der Waals surface area contributed by atoms with Gasteiger partial charge in [-0.25, -0.2) is 0 Å². The standard InChI is InChI=1S/C20H21NO5/c1-21(2)11-14-15(22)9-8-13-18(23)17(26-20(13)14)10-12-6-5-7-16(24-3)19(12)25-4/h5-10,22H,11H2,1-4H3/b17-10-. The van der Waals surface area contributed by atoms with Gasteiger partial charge in [0.1, 0.15) is 11.5 Å². The van der Waals surface area contributed by atoms with Gasteiger partial charge in [0.05, 0.1) is 25.3 Å². The number of Topliss-reactive ketones (excluding diaryl/α,β-unsaturated/α-hetero) is 1. The molecule has 6 heteroatoms. The molecule has 0 bridgehead atoms. The first kappa shape index (κ1) is 17.8. The van der Waals surface area contributed by atoms with Crippen molar-refractivity contribution in [3.8, 4) is 23.0 Å². The lowest BCUT2D eigenvalue weighted by molar-refractivity contribution is 0.101. The minimum absolute atomic E-state index is 0.102. The number of ether oxygens (including phenoxy) is 3. The first-order valence-corrected chi connectivity index (χ1v) is 8.11. The van der Waals surface area contributed by atoms with Crippen molar-refractivity contribution in [1.82, 2.24) is 4.90 Å². The maximum Gasteiger partial charge on any atom is 0.231 e. The molecule has 0 amide bonds. The van der Waals surface area contributed by atoms with E-state index >= 15 is 0 Å². The van der Waals surface area contributed by atoms with Crippen LogP contribution in [0.15, 0.2) is 36.1 Å². The molecule has 0 saturated heterocycles. The zero-order valence-electron chi connectivity index (χ0n) is 15.2. The van der Waals surface area contributed by atoms with E-state index in [0.29, 0.717) is 40.5 Å². The predicted octanol–water partition coefficient (Wildman–Crippen LogP) is 3.09. The molecule has 0 radical (unpaired) electrons. The fourth-order valence-electron chi connectivity index (χ4n) is 2.93. The van der Waals surface area contributed by atoms with E-state index in [1.165, 1.54) is 6.07 Å². The molecular weight excluding hydrogens is 334 g/mol. The molecule has 1 heterocycles. The van der Waals surface area contributed by atoms with Crippen molar-refractivity contribution < 1.29 is 24.1 Å². The van der Waals surface area contributed by atoms with Gasteiger partial charge < -0.3 is 24.2 Å². The van der Waals surface area contributed by atoms with Crippen LogP contribution in [0.25, 0.3) is 6.08 Å². The van der Waals surface area contributed by atoms with Crippen molar-refractivity contribution in [2.24, 2.45) is 0 Å². The highest BCUT2D eigenvalue weighted by molar-refractivity contribution is 6.15. The van der Waals surface area contributed by atoms with Crippen LogP contribution in [-0.4, -0.2) is 44.1 Å². The smallest absolute Gasteiger partial charge is 0.231 e. The highest BCUT2D eigenvalue weighted by Crippen LogP contribution is 2.41. The van der Waals surface area contributed by atoms with Gasteiger partial charge in [-0.05, 0) is 38.4 Å². The molecule has 26 heavy (non-hydrogen) atoms. The number of fused-ring (bicyclic) bond motifs is 1. The van der Waals surface area contributed by atoms with Crippen LogP contribution in [0, 0.1) is 0 Å². The van der Waals surface area contributed by atoms with Crippen molar-refractivity contribution in [3.63, 3.8) is 0 Å². The van der Waals surface area contributed by atoms with E-state index in [1.807, 2.05) is 31.1 Å². The fraction of sp³-hybridized carbons (Fsp3) is 0.250. The number of rotatable bonds is 5. The van der Waals surface area contributed by atoms with Gasteiger partial charge in [-0.1, -0.05) is 12.1 Å². The summed E-state index contributed by atoms with van der Waals surface area (Å²) in [7, 11) is 6.86. The van der Waals surface area contributed by atoms with Gasteiger partial charge in [0, 0.05) is 12.1 Å². The Labute approximate surface area is 152 Å². The highest BCUT2D eigenvalue weighted by atomic mass is 16.5. The third-order valence-electron chi connectivity index (χ3n) is 4.11. The summed E-state index contributed by atoms with van der Waals surface area (Å²) in [6.07, 6.45) is 1.63. The zero-order valence-corrected chi connectivity index (χ0v) is 15.2. The summed E-state index contributed by atoms with van der Waals surface area (Å²) in [5.41, 5.74) is 1.69. The number of benzene rings is 2. The number of para-hydroxylation sites is 1. The maximum atomic E-state index is 12.7. The quantitative estimate of drug-likeness (QED) is 0.832. The lowest BCUT2D eigenvalue weighted by Crippen LogP contribution is -2.11. The Balaban J connectivity index is 2.05. The molecular formula is C20H21NO5. The van der Waals surface area contributed by atoms with Crippen LogP contribution in [0.2, 0.25) is 0 Å². The molecule has 0 unspecified atom stereocenters. The monoisotopic (exact) mass is 355 g/mol. The van der Waals surface area contributed by atoms with Crippen molar-refractivity contribution in [1.29, 1.82) is 0 Å². The minimum Gasteiger partial charge on any atom is -0.507 e. The number of carbonyl (C=O) groups is 1. The van der Waals surface area contributed by atoms with E-state index in [9.17, 15) is 9.90 Å². The number of phenols is 1. The molecule has 0 spiro atoms. The van der Waals surface area contributed by atoms with E-state index in [1.54, 1.807) is 32.4 Å².